The maximum absolute atomic E-state index is 12.7. The summed E-state index contributed by atoms with van der Waals surface area (Å²) in [4.78, 5) is 26.8. The Balaban J connectivity index is 1.92. The third kappa shape index (κ3) is 3.54. The van der Waals surface area contributed by atoms with Crippen LogP contribution in [0.1, 0.15) is 15.9 Å². The van der Waals surface area contributed by atoms with E-state index in [4.69, 9.17) is 12.2 Å². The van der Waals surface area contributed by atoms with Crippen LogP contribution < -0.4 is 0 Å². The Morgan fingerprint density at radius 2 is 1.88 bits per heavy atom. The van der Waals surface area contributed by atoms with E-state index in [-0.39, 0.29) is 4.32 Å². The van der Waals surface area contributed by atoms with Crippen LogP contribution >= 0.6 is 55.8 Å². The smallest absolute Gasteiger partial charge is 0.268 e. The van der Waals surface area contributed by atoms with Crippen molar-refractivity contribution in [1.29, 1.82) is 0 Å². The maximum Gasteiger partial charge on any atom is 0.273 e. The molecular formula is C17H9Br2NO2S2. The predicted octanol–water partition coefficient (Wildman–Crippen LogP) is 5.25. The molecule has 7 heteroatoms. The highest BCUT2D eigenvalue weighted by Gasteiger charge is 2.37. The van der Waals surface area contributed by atoms with Gasteiger partial charge < -0.3 is 0 Å². The SMILES string of the molecule is O=C1/C(=C\c2cccc(Br)c2)SC(=S)N1C(=O)c1ccccc1Br. The summed E-state index contributed by atoms with van der Waals surface area (Å²) in [5.41, 5.74) is 1.26. The van der Waals surface area contributed by atoms with Gasteiger partial charge in [-0.15, -0.1) is 0 Å². The number of hydrogen-bond donors (Lipinski definition) is 0. The molecule has 0 bridgehead atoms. The lowest BCUT2D eigenvalue weighted by Crippen LogP contribution is -2.34. The zero-order chi connectivity index (χ0) is 17.3. The molecule has 2 aromatic rings. The number of nitrogens with zero attached hydrogens (tertiary/aromatic N) is 1. The van der Waals surface area contributed by atoms with Crippen molar-refractivity contribution in [2.75, 3.05) is 0 Å². The molecule has 3 rings (SSSR count). The number of thiocarbonyl (C=S) groups is 1. The summed E-state index contributed by atoms with van der Waals surface area (Å²) < 4.78 is 1.78. The lowest BCUT2D eigenvalue weighted by Gasteiger charge is -2.13. The van der Waals surface area contributed by atoms with E-state index in [1.165, 1.54) is 0 Å². The lowest BCUT2D eigenvalue weighted by molar-refractivity contribution is -0.120. The molecule has 1 fully saturated rings. The molecule has 0 saturated carbocycles. The molecule has 0 N–H and O–H groups in total. The van der Waals surface area contributed by atoms with Crippen LogP contribution in [0.25, 0.3) is 6.08 Å². The molecule has 3 nitrogen and oxygen atoms in total. The monoisotopic (exact) mass is 481 g/mol. The van der Waals surface area contributed by atoms with Crippen LogP contribution in [0, 0.1) is 0 Å². The van der Waals surface area contributed by atoms with E-state index in [9.17, 15) is 9.59 Å². The van der Waals surface area contributed by atoms with Gasteiger partial charge in [0.1, 0.15) is 0 Å². The van der Waals surface area contributed by atoms with Crippen LogP contribution in [0.5, 0.6) is 0 Å². The summed E-state index contributed by atoms with van der Waals surface area (Å²) in [5.74, 6) is -0.826. The molecule has 1 heterocycles. The van der Waals surface area contributed by atoms with Crippen molar-refractivity contribution in [3.05, 3.63) is 73.5 Å². The standard InChI is InChI=1S/C17H9Br2NO2S2/c18-11-5-3-4-10(8-11)9-14-16(22)20(17(23)24-14)15(21)12-6-1-2-7-13(12)19/h1-9H/b14-9+. The Hall–Kier alpha value is -1.28. The molecule has 0 aromatic heterocycles. The number of halogens is 2. The fourth-order valence-electron chi connectivity index (χ4n) is 2.15. The van der Waals surface area contributed by atoms with Crippen molar-refractivity contribution in [2.24, 2.45) is 0 Å². The molecule has 120 valence electrons. The van der Waals surface area contributed by atoms with E-state index in [2.05, 4.69) is 31.9 Å². The van der Waals surface area contributed by atoms with Gasteiger partial charge in [0.05, 0.1) is 10.5 Å². The van der Waals surface area contributed by atoms with Crippen molar-refractivity contribution in [3.8, 4) is 0 Å². The third-order valence-electron chi connectivity index (χ3n) is 3.25. The average molecular weight is 483 g/mol. The van der Waals surface area contributed by atoms with E-state index >= 15 is 0 Å². The molecular weight excluding hydrogens is 474 g/mol. The Morgan fingerprint density at radius 3 is 2.58 bits per heavy atom. The van der Waals surface area contributed by atoms with Gasteiger partial charge in [0, 0.05) is 8.95 Å². The molecule has 1 aliphatic heterocycles. The van der Waals surface area contributed by atoms with E-state index in [0.717, 1.165) is 26.7 Å². The van der Waals surface area contributed by atoms with Gasteiger partial charge in [0.15, 0.2) is 4.32 Å². The number of thioether (sulfide) groups is 1. The topological polar surface area (TPSA) is 37.4 Å². The van der Waals surface area contributed by atoms with Crippen molar-refractivity contribution in [2.45, 2.75) is 0 Å². The number of carbonyl (C=O) groups excluding carboxylic acids is 2. The van der Waals surface area contributed by atoms with E-state index < -0.39 is 11.8 Å². The highest BCUT2D eigenvalue weighted by molar-refractivity contribution is 9.10. The minimum atomic E-state index is -0.428. The highest BCUT2D eigenvalue weighted by Crippen LogP contribution is 2.34. The van der Waals surface area contributed by atoms with Gasteiger partial charge in [-0.1, -0.05) is 64.2 Å². The first-order chi connectivity index (χ1) is 11.5. The minimum Gasteiger partial charge on any atom is -0.268 e. The number of hydrogen-bond acceptors (Lipinski definition) is 4. The molecule has 0 atom stereocenters. The summed E-state index contributed by atoms with van der Waals surface area (Å²) in [6.45, 7) is 0. The van der Waals surface area contributed by atoms with Crippen molar-refractivity contribution in [1.82, 2.24) is 4.90 Å². The van der Waals surface area contributed by atoms with Crippen LogP contribution in [0.15, 0.2) is 62.4 Å². The number of benzene rings is 2. The van der Waals surface area contributed by atoms with Crippen LogP contribution in [0.4, 0.5) is 0 Å². The second-order valence-electron chi connectivity index (χ2n) is 4.86. The van der Waals surface area contributed by atoms with Gasteiger partial charge in [0.2, 0.25) is 0 Å². The molecule has 1 aliphatic rings. The molecule has 2 amide bonds. The van der Waals surface area contributed by atoms with Crippen LogP contribution in [0.2, 0.25) is 0 Å². The number of carbonyl (C=O) groups is 2. The van der Waals surface area contributed by atoms with Crippen LogP contribution in [0.3, 0.4) is 0 Å². The fraction of sp³-hybridized carbons (Fsp3) is 0. The first-order valence-corrected chi connectivity index (χ1v) is 9.61. The van der Waals surface area contributed by atoms with E-state index in [0.29, 0.717) is 14.9 Å². The molecule has 24 heavy (non-hydrogen) atoms. The molecule has 1 saturated heterocycles. The lowest BCUT2D eigenvalue weighted by atomic mass is 10.2. The first-order valence-electron chi connectivity index (χ1n) is 6.80. The van der Waals surface area contributed by atoms with Gasteiger partial charge in [-0.3, -0.25) is 9.59 Å². The molecule has 0 radical (unpaired) electrons. The zero-order valence-electron chi connectivity index (χ0n) is 12.0. The first kappa shape index (κ1) is 17.5. The zero-order valence-corrected chi connectivity index (χ0v) is 16.8. The highest BCUT2D eigenvalue weighted by atomic mass is 79.9. The van der Waals surface area contributed by atoms with Crippen LogP contribution in [-0.2, 0) is 4.79 Å². The van der Waals surface area contributed by atoms with Gasteiger partial charge >= 0.3 is 0 Å². The third-order valence-corrected chi connectivity index (χ3v) is 5.73. The van der Waals surface area contributed by atoms with Gasteiger partial charge in [0.25, 0.3) is 11.8 Å². The Bertz CT molecular complexity index is 896. The Morgan fingerprint density at radius 1 is 1.12 bits per heavy atom. The molecule has 0 spiro atoms. The Labute approximate surface area is 165 Å². The second kappa shape index (κ2) is 7.31. The van der Waals surface area contributed by atoms with Gasteiger partial charge in [-0.25, -0.2) is 4.90 Å². The summed E-state index contributed by atoms with van der Waals surface area (Å²) in [6, 6.07) is 14.5. The molecule has 2 aromatic carbocycles. The number of imide groups is 1. The fourth-order valence-corrected chi connectivity index (χ4v) is 4.27. The average Bonchev–Trinajstić information content (AvgIpc) is 2.81. The summed E-state index contributed by atoms with van der Waals surface area (Å²) in [6.07, 6.45) is 1.73. The van der Waals surface area contributed by atoms with Gasteiger partial charge in [-0.05, 0) is 51.8 Å². The number of rotatable bonds is 2. The normalized spacial score (nSPS) is 16.1. The second-order valence-corrected chi connectivity index (χ2v) is 8.30. The van der Waals surface area contributed by atoms with E-state index in [1.807, 2.05) is 24.3 Å². The summed E-state index contributed by atoms with van der Waals surface area (Å²) in [7, 11) is 0. The molecule has 0 aliphatic carbocycles. The van der Waals surface area contributed by atoms with Gasteiger partial charge in [-0.2, -0.15) is 0 Å². The predicted molar refractivity (Wildman–Crippen MR) is 108 cm³/mol. The van der Waals surface area contributed by atoms with Crippen molar-refractivity contribution < 1.29 is 9.59 Å². The van der Waals surface area contributed by atoms with Crippen molar-refractivity contribution in [3.63, 3.8) is 0 Å². The minimum absolute atomic E-state index is 0.238. The summed E-state index contributed by atoms with van der Waals surface area (Å²) >= 11 is 13.1. The van der Waals surface area contributed by atoms with E-state index in [1.54, 1.807) is 30.3 Å². The molecule has 0 unspecified atom stereocenters. The largest absolute Gasteiger partial charge is 0.273 e. The quantitative estimate of drug-likeness (QED) is 0.332. The summed E-state index contributed by atoms with van der Waals surface area (Å²) in [5, 5.41) is 0. The van der Waals surface area contributed by atoms with Crippen molar-refractivity contribution >= 4 is 78.1 Å². The number of amides is 2. The van der Waals surface area contributed by atoms with Crippen LogP contribution in [-0.4, -0.2) is 21.0 Å². The maximum atomic E-state index is 12.7. The Kier molecular flexibility index (Phi) is 5.34.